The molecule has 1 amide bonds. The number of likely N-dealkylation sites (tertiary alicyclic amines) is 1. The van der Waals surface area contributed by atoms with Gasteiger partial charge >= 0.3 is 0 Å². The van der Waals surface area contributed by atoms with Crippen LogP contribution in [0.4, 0.5) is 13.2 Å². The first-order chi connectivity index (χ1) is 10.8. The molecule has 1 aliphatic heterocycles. The molecule has 1 aromatic carbocycles. The molecule has 0 unspecified atom stereocenters. The van der Waals surface area contributed by atoms with Gasteiger partial charge in [0.1, 0.15) is 5.82 Å². The minimum Gasteiger partial charge on any atom is -0.380 e. The molecular formula is C14H13F3N4O2. The number of aliphatic hydroxyl groups is 1. The molecule has 122 valence electrons. The molecule has 1 N–H and O–H groups in total. The molecular weight excluding hydrogens is 313 g/mol. The Labute approximate surface area is 129 Å². The Morgan fingerprint density at radius 2 is 2.04 bits per heavy atom. The summed E-state index contributed by atoms with van der Waals surface area (Å²) in [5.41, 5.74) is -1.16. The van der Waals surface area contributed by atoms with E-state index < -0.39 is 36.8 Å². The molecule has 0 bridgehead atoms. The third-order valence-electron chi connectivity index (χ3n) is 3.63. The summed E-state index contributed by atoms with van der Waals surface area (Å²) < 4.78 is 39.7. The lowest BCUT2D eigenvalue weighted by Gasteiger charge is -2.45. The van der Waals surface area contributed by atoms with Gasteiger partial charge in [-0.1, -0.05) is 5.21 Å². The number of β-amino-alcohol motifs (C(OH)–C–C–N with tert-alkyl or cyclic N) is 1. The van der Waals surface area contributed by atoms with Crippen molar-refractivity contribution in [2.75, 3.05) is 13.1 Å². The SMILES string of the molecule is Cc1cc(F)cc(-n2cc(C(=O)N3CC(O)(C(F)F)C3)nn2)c1. The molecule has 2 aromatic rings. The fraction of sp³-hybridized carbons (Fsp3) is 0.357. The molecule has 0 atom stereocenters. The number of aromatic nitrogens is 3. The molecule has 0 radical (unpaired) electrons. The number of aryl methyl sites for hydroxylation is 1. The number of carbonyl (C=O) groups is 1. The second kappa shape index (κ2) is 5.34. The lowest BCUT2D eigenvalue weighted by molar-refractivity contribution is -0.166. The molecule has 0 saturated carbocycles. The number of rotatable bonds is 3. The van der Waals surface area contributed by atoms with Crippen LogP contribution in [0.5, 0.6) is 0 Å². The lowest BCUT2D eigenvalue weighted by Crippen LogP contribution is -2.67. The van der Waals surface area contributed by atoms with Crippen LogP contribution in [0, 0.1) is 12.7 Å². The zero-order valence-corrected chi connectivity index (χ0v) is 12.1. The normalized spacial score (nSPS) is 16.5. The molecule has 1 fully saturated rings. The largest absolute Gasteiger partial charge is 0.380 e. The van der Waals surface area contributed by atoms with Crippen molar-refractivity contribution < 1.29 is 23.1 Å². The van der Waals surface area contributed by atoms with Crippen LogP contribution in [0.3, 0.4) is 0 Å². The van der Waals surface area contributed by atoms with Gasteiger partial charge in [0.15, 0.2) is 11.3 Å². The van der Waals surface area contributed by atoms with Crippen molar-refractivity contribution in [2.24, 2.45) is 0 Å². The first-order valence-corrected chi connectivity index (χ1v) is 6.78. The summed E-state index contributed by atoms with van der Waals surface area (Å²) in [6.07, 6.45) is -1.63. The highest BCUT2D eigenvalue weighted by Crippen LogP contribution is 2.28. The molecule has 1 aliphatic rings. The van der Waals surface area contributed by atoms with E-state index in [0.29, 0.717) is 11.3 Å². The quantitative estimate of drug-likeness (QED) is 0.919. The van der Waals surface area contributed by atoms with E-state index in [9.17, 15) is 23.1 Å². The Morgan fingerprint density at radius 3 is 2.65 bits per heavy atom. The van der Waals surface area contributed by atoms with Gasteiger partial charge in [0.2, 0.25) is 0 Å². The van der Waals surface area contributed by atoms with Crippen molar-refractivity contribution in [1.29, 1.82) is 0 Å². The monoisotopic (exact) mass is 326 g/mol. The number of hydrogen-bond acceptors (Lipinski definition) is 4. The second-order valence-electron chi connectivity index (χ2n) is 5.60. The van der Waals surface area contributed by atoms with Gasteiger partial charge in [0.05, 0.1) is 25.0 Å². The van der Waals surface area contributed by atoms with Crippen molar-refractivity contribution in [2.45, 2.75) is 19.0 Å². The van der Waals surface area contributed by atoms with E-state index >= 15 is 0 Å². The van der Waals surface area contributed by atoms with Crippen LogP contribution < -0.4 is 0 Å². The average molecular weight is 326 g/mol. The van der Waals surface area contributed by atoms with E-state index in [1.807, 2.05) is 0 Å². The summed E-state index contributed by atoms with van der Waals surface area (Å²) in [7, 11) is 0. The van der Waals surface area contributed by atoms with Crippen LogP contribution >= 0.6 is 0 Å². The summed E-state index contributed by atoms with van der Waals surface area (Å²) in [6, 6.07) is 4.23. The Hall–Kier alpha value is -2.42. The Kier molecular flexibility index (Phi) is 3.59. The van der Waals surface area contributed by atoms with Crippen LogP contribution in [0.2, 0.25) is 0 Å². The van der Waals surface area contributed by atoms with Gasteiger partial charge in [0, 0.05) is 0 Å². The van der Waals surface area contributed by atoms with Crippen LogP contribution in [-0.4, -0.2) is 56.0 Å². The zero-order chi connectivity index (χ0) is 16.8. The highest BCUT2D eigenvalue weighted by atomic mass is 19.3. The molecule has 23 heavy (non-hydrogen) atoms. The van der Waals surface area contributed by atoms with Gasteiger partial charge in [-0.2, -0.15) is 0 Å². The molecule has 0 aliphatic carbocycles. The molecule has 1 aromatic heterocycles. The van der Waals surface area contributed by atoms with Gasteiger partial charge < -0.3 is 10.0 Å². The van der Waals surface area contributed by atoms with Gasteiger partial charge in [-0.15, -0.1) is 5.10 Å². The average Bonchev–Trinajstić information content (AvgIpc) is 2.91. The minimum absolute atomic E-state index is 0.0665. The van der Waals surface area contributed by atoms with Crippen LogP contribution in [0.25, 0.3) is 5.69 Å². The zero-order valence-electron chi connectivity index (χ0n) is 12.1. The second-order valence-corrected chi connectivity index (χ2v) is 5.60. The van der Waals surface area contributed by atoms with Crippen molar-refractivity contribution in [1.82, 2.24) is 19.9 Å². The predicted octanol–water partition coefficient (Wildman–Crippen LogP) is 1.17. The Bertz CT molecular complexity index is 736. The molecule has 0 spiro atoms. The number of amides is 1. The Balaban J connectivity index is 1.76. The van der Waals surface area contributed by atoms with E-state index in [1.165, 1.54) is 23.0 Å². The fourth-order valence-corrected chi connectivity index (χ4v) is 2.40. The summed E-state index contributed by atoms with van der Waals surface area (Å²) in [5, 5.41) is 16.9. The van der Waals surface area contributed by atoms with E-state index in [1.54, 1.807) is 13.0 Å². The number of benzene rings is 1. The van der Waals surface area contributed by atoms with E-state index in [4.69, 9.17) is 0 Å². The van der Waals surface area contributed by atoms with Crippen LogP contribution in [-0.2, 0) is 0 Å². The predicted molar refractivity (Wildman–Crippen MR) is 72.9 cm³/mol. The topological polar surface area (TPSA) is 71.2 Å². The summed E-state index contributed by atoms with van der Waals surface area (Å²) in [6.45, 7) is 0.783. The maximum atomic E-state index is 13.4. The first-order valence-electron chi connectivity index (χ1n) is 6.78. The number of nitrogens with zero attached hydrogens (tertiary/aromatic N) is 4. The van der Waals surface area contributed by atoms with E-state index in [2.05, 4.69) is 10.3 Å². The first kappa shape index (κ1) is 15.5. The summed E-state index contributed by atoms with van der Waals surface area (Å²) >= 11 is 0. The van der Waals surface area contributed by atoms with Crippen LogP contribution in [0.15, 0.2) is 24.4 Å². The van der Waals surface area contributed by atoms with Gasteiger partial charge in [-0.3, -0.25) is 4.79 Å². The maximum absolute atomic E-state index is 13.4. The van der Waals surface area contributed by atoms with Crippen molar-refractivity contribution >= 4 is 5.91 Å². The van der Waals surface area contributed by atoms with Gasteiger partial charge in [-0.25, -0.2) is 17.9 Å². The third-order valence-corrected chi connectivity index (χ3v) is 3.63. The summed E-state index contributed by atoms with van der Waals surface area (Å²) in [4.78, 5) is 13.1. The standard InChI is InChI=1S/C14H13F3N4O2/c1-8-2-9(15)4-10(3-8)21-5-11(18-19-21)12(22)20-6-14(23,7-20)13(16)17/h2-5,13,23H,6-7H2,1H3. The highest BCUT2D eigenvalue weighted by molar-refractivity contribution is 5.92. The summed E-state index contributed by atoms with van der Waals surface area (Å²) in [5.74, 6) is -1.07. The van der Waals surface area contributed by atoms with Gasteiger partial charge in [0.25, 0.3) is 12.3 Å². The van der Waals surface area contributed by atoms with E-state index in [0.717, 1.165) is 4.90 Å². The Morgan fingerprint density at radius 1 is 1.35 bits per heavy atom. The van der Waals surface area contributed by atoms with Crippen LogP contribution in [0.1, 0.15) is 16.1 Å². The molecule has 3 rings (SSSR count). The molecule has 1 saturated heterocycles. The molecule has 2 heterocycles. The molecule has 6 nitrogen and oxygen atoms in total. The smallest absolute Gasteiger partial charge is 0.276 e. The number of halogens is 3. The van der Waals surface area contributed by atoms with Crippen molar-refractivity contribution in [3.8, 4) is 5.69 Å². The van der Waals surface area contributed by atoms with E-state index in [-0.39, 0.29) is 5.69 Å². The number of hydrogen-bond donors (Lipinski definition) is 1. The van der Waals surface area contributed by atoms with Crippen molar-refractivity contribution in [3.05, 3.63) is 41.5 Å². The lowest BCUT2D eigenvalue weighted by atomic mass is 9.94. The fourth-order valence-electron chi connectivity index (χ4n) is 2.40. The number of alkyl halides is 2. The minimum atomic E-state index is -2.92. The maximum Gasteiger partial charge on any atom is 0.276 e. The highest BCUT2D eigenvalue weighted by Gasteiger charge is 2.51. The van der Waals surface area contributed by atoms with Gasteiger partial charge in [-0.05, 0) is 30.7 Å². The number of carbonyl (C=O) groups excluding carboxylic acids is 1. The third kappa shape index (κ3) is 2.79. The molecule has 9 heteroatoms. The van der Waals surface area contributed by atoms with Crippen molar-refractivity contribution in [3.63, 3.8) is 0 Å².